The monoisotopic (exact) mass is 294 g/mol. The molecule has 1 heterocycles. The minimum Gasteiger partial charge on any atom is -0.504 e. The number of nitrogens with zero attached hydrogens (tertiary/aromatic N) is 1. The van der Waals surface area contributed by atoms with Gasteiger partial charge in [-0.3, -0.25) is 4.79 Å². The van der Waals surface area contributed by atoms with Gasteiger partial charge in [0.25, 0.3) is 0 Å². The molecule has 1 amide bonds. The van der Waals surface area contributed by atoms with Gasteiger partial charge in [0.1, 0.15) is 6.04 Å². The first-order valence-electron chi connectivity index (χ1n) is 6.70. The van der Waals surface area contributed by atoms with Crippen molar-refractivity contribution >= 4 is 11.9 Å². The van der Waals surface area contributed by atoms with E-state index in [9.17, 15) is 19.8 Å². The molecule has 0 radical (unpaired) electrons. The summed E-state index contributed by atoms with van der Waals surface area (Å²) in [4.78, 5) is 24.6. The minimum absolute atomic E-state index is 0.162. The number of carboxylic acid groups (broad SMARTS) is 1. The number of carbonyl (C=O) groups excluding carboxylic acids is 1. The highest BCUT2D eigenvalue weighted by atomic mass is 16.4. The second-order valence-corrected chi connectivity index (χ2v) is 5.16. The fourth-order valence-electron chi connectivity index (χ4n) is 2.54. The van der Waals surface area contributed by atoms with Gasteiger partial charge in [0.2, 0.25) is 5.91 Å². The number of carbonyl (C=O) groups is 2. The van der Waals surface area contributed by atoms with Crippen molar-refractivity contribution in [2.24, 2.45) is 5.73 Å². The fraction of sp³-hybridized carbons (Fsp3) is 0.429. The number of aliphatic carboxylic acids is 1. The molecule has 1 aromatic rings. The van der Waals surface area contributed by atoms with E-state index in [1.807, 2.05) is 0 Å². The number of benzene rings is 1. The van der Waals surface area contributed by atoms with E-state index in [-0.39, 0.29) is 17.9 Å². The molecule has 114 valence electrons. The number of amides is 1. The number of aromatic hydroxyl groups is 2. The topological polar surface area (TPSA) is 124 Å². The van der Waals surface area contributed by atoms with Crippen molar-refractivity contribution in [1.82, 2.24) is 4.90 Å². The van der Waals surface area contributed by atoms with Crippen LogP contribution in [0.4, 0.5) is 0 Å². The van der Waals surface area contributed by atoms with Crippen molar-refractivity contribution in [1.29, 1.82) is 0 Å². The van der Waals surface area contributed by atoms with Crippen LogP contribution in [0.2, 0.25) is 0 Å². The van der Waals surface area contributed by atoms with Gasteiger partial charge >= 0.3 is 5.97 Å². The highest BCUT2D eigenvalue weighted by Crippen LogP contribution is 2.26. The third kappa shape index (κ3) is 3.25. The highest BCUT2D eigenvalue weighted by molar-refractivity contribution is 5.87. The number of likely N-dealkylation sites (tertiary alicyclic amines) is 1. The van der Waals surface area contributed by atoms with Gasteiger partial charge in [-0.25, -0.2) is 4.79 Å². The summed E-state index contributed by atoms with van der Waals surface area (Å²) in [6.45, 7) is 0.393. The molecular formula is C14H18N2O5. The van der Waals surface area contributed by atoms with Crippen molar-refractivity contribution in [3.63, 3.8) is 0 Å². The molecule has 0 bridgehead atoms. The predicted molar refractivity (Wildman–Crippen MR) is 73.8 cm³/mol. The molecule has 1 aliphatic rings. The Morgan fingerprint density at radius 2 is 2.05 bits per heavy atom. The van der Waals surface area contributed by atoms with Crippen molar-refractivity contribution in [2.45, 2.75) is 31.3 Å². The fourth-order valence-corrected chi connectivity index (χ4v) is 2.54. The molecule has 7 nitrogen and oxygen atoms in total. The van der Waals surface area contributed by atoms with Crippen LogP contribution in [0.5, 0.6) is 11.5 Å². The minimum atomic E-state index is -1.02. The van der Waals surface area contributed by atoms with Gasteiger partial charge in [0.15, 0.2) is 11.5 Å². The molecule has 5 N–H and O–H groups in total. The Labute approximate surface area is 121 Å². The van der Waals surface area contributed by atoms with Gasteiger partial charge in [0.05, 0.1) is 6.04 Å². The number of rotatable bonds is 4. The van der Waals surface area contributed by atoms with Crippen molar-refractivity contribution in [3.05, 3.63) is 23.8 Å². The lowest BCUT2D eigenvalue weighted by Gasteiger charge is -2.24. The van der Waals surface area contributed by atoms with E-state index in [2.05, 4.69) is 0 Å². The second-order valence-electron chi connectivity index (χ2n) is 5.16. The zero-order chi connectivity index (χ0) is 15.6. The molecule has 21 heavy (non-hydrogen) atoms. The molecule has 0 aliphatic carbocycles. The number of phenolic OH excluding ortho intramolecular Hbond substituents is 2. The SMILES string of the molecule is N[C@@H](Cc1ccc(O)c(O)c1)C(=O)N1CCC[C@@H]1C(=O)O. The molecule has 1 aliphatic heterocycles. The summed E-state index contributed by atoms with van der Waals surface area (Å²) in [5.74, 6) is -1.95. The maximum absolute atomic E-state index is 12.2. The Morgan fingerprint density at radius 1 is 1.33 bits per heavy atom. The molecular weight excluding hydrogens is 276 g/mol. The molecule has 0 aromatic heterocycles. The molecule has 0 saturated carbocycles. The Kier molecular flexibility index (Phi) is 4.32. The van der Waals surface area contributed by atoms with Crippen LogP contribution in [0, 0.1) is 0 Å². The molecule has 1 saturated heterocycles. The number of hydrogen-bond acceptors (Lipinski definition) is 5. The maximum Gasteiger partial charge on any atom is 0.326 e. The molecule has 2 rings (SSSR count). The first-order valence-corrected chi connectivity index (χ1v) is 6.70. The number of phenols is 2. The summed E-state index contributed by atoms with van der Waals surface area (Å²) >= 11 is 0. The smallest absolute Gasteiger partial charge is 0.326 e. The van der Waals surface area contributed by atoms with Gasteiger partial charge < -0.3 is 26.0 Å². The zero-order valence-electron chi connectivity index (χ0n) is 11.4. The van der Waals surface area contributed by atoms with Crippen LogP contribution in [-0.2, 0) is 16.0 Å². The lowest BCUT2D eigenvalue weighted by molar-refractivity contribution is -0.148. The standard InChI is InChI=1S/C14H18N2O5/c15-9(6-8-3-4-11(17)12(18)7-8)13(19)16-5-1-2-10(16)14(20)21/h3-4,7,9-10,17-18H,1-2,5-6,15H2,(H,20,21)/t9-,10+/m0/s1. The first-order chi connectivity index (χ1) is 9.90. The van der Waals surface area contributed by atoms with Crippen molar-refractivity contribution < 1.29 is 24.9 Å². The van der Waals surface area contributed by atoms with Gasteiger partial charge in [-0.2, -0.15) is 0 Å². The summed E-state index contributed by atoms with van der Waals surface area (Å²) < 4.78 is 0. The van der Waals surface area contributed by atoms with Gasteiger partial charge in [-0.05, 0) is 37.0 Å². The van der Waals surface area contributed by atoms with Gasteiger partial charge in [0, 0.05) is 6.54 Å². The van der Waals surface area contributed by atoms with E-state index in [1.165, 1.54) is 17.0 Å². The Bertz CT molecular complexity index is 560. The summed E-state index contributed by atoms with van der Waals surface area (Å²) in [6, 6.07) is 2.52. The molecule has 0 spiro atoms. The average Bonchev–Trinajstić information content (AvgIpc) is 2.91. The van der Waals surface area contributed by atoms with Crippen molar-refractivity contribution in [2.75, 3.05) is 6.54 Å². The summed E-state index contributed by atoms with van der Waals surface area (Å²) in [5, 5.41) is 27.7. The lowest BCUT2D eigenvalue weighted by atomic mass is 10.0. The molecule has 0 unspecified atom stereocenters. The highest BCUT2D eigenvalue weighted by Gasteiger charge is 2.35. The van der Waals surface area contributed by atoms with Crippen LogP contribution in [0.1, 0.15) is 18.4 Å². The summed E-state index contributed by atoms with van der Waals surface area (Å²) in [5.41, 5.74) is 6.45. The molecule has 1 fully saturated rings. The maximum atomic E-state index is 12.2. The lowest BCUT2D eigenvalue weighted by Crippen LogP contribution is -2.49. The van der Waals surface area contributed by atoms with Gasteiger partial charge in [-0.1, -0.05) is 6.07 Å². The molecule has 2 atom stereocenters. The number of hydrogen-bond donors (Lipinski definition) is 4. The third-order valence-electron chi connectivity index (χ3n) is 3.63. The third-order valence-corrected chi connectivity index (χ3v) is 3.63. The predicted octanol–water partition coefficient (Wildman–Crippen LogP) is 0.0432. The van der Waals surface area contributed by atoms with E-state index in [0.29, 0.717) is 24.9 Å². The second kappa shape index (κ2) is 6.01. The Morgan fingerprint density at radius 3 is 2.67 bits per heavy atom. The van der Waals surface area contributed by atoms with Crippen LogP contribution >= 0.6 is 0 Å². The van der Waals surface area contributed by atoms with Crippen molar-refractivity contribution in [3.8, 4) is 11.5 Å². The Balaban J connectivity index is 2.05. The Hall–Kier alpha value is -2.28. The van der Waals surface area contributed by atoms with Crippen LogP contribution in [-0.4, -0.2) is 50.7 Å². The van der Waals surface area contributed by atoms with E-state index in [1.54, 1.807) is 6.07 Å². The average molecular weight is 294 g/mol. The van der Waals surface area contributed by atoms with Gasteiger partial charge in [-0.15, -0.1) is 0 Å². The zero-order valence-corrected chi connectivity index (χ0v) is 11.4. The largest absolute Gasteiger partial charge is 0.504 e. The van der Waals surface area contributed by atoms with Crippen LogP contribution < -0.4 is 5.73 Å². The first kappa shape index (κ1) is 15.1. The van der Waals surface area contributed by atoms with Crippen LogP contribution in [0.25, 0.3) is 0 Å². The van der Waals surface area contributed by atoms with E-state index in [0.717, 1.165) is 0 Å². The van der Waals surface area contributed by atoms with Crippen LogP contribution in [0.15, 0.2) is 18.2 Å². The summed E-state index contributed by atoms with van der Waals surface area (Å²) in [6.07, 6.45) is 1.25. The van der Waals surface area contributed by atoms with Crippen LogP contribution in [0.3, 0.4) is 0 Å². The molecule has 7 heteroatoms. The molecule has 1 aromatic carbocycles. The van der Waals surface area contributed by atoms with E-state index in [4.69, 9.17) is 10.8 Å². The quantitative estimate of drug-likeness (QED) is 0.581. The number of carboxylic acids is 1. The normalized spacial score (nSPS) is 19.5. The van der Waals surface area contributed by atoms with E-state index >= 15 is 0 Å². The number of nitrogens with two attached hydrogens (primary N) is 1. The van der Waals surface area contributed by atoms with E-state index < -0.39 is 24.0 Å². The summed E-state index contributed by atoms with van der Waals surface area (Å²) in [7, 11) is 0.